The molecule has 1 amide bonds. The van der Waals surface area contributed by atoms with Crippen LogP contribution in [-0.4, -0.2) is 11.0 Å². The summed E-state index contributed by atoms with van der Waals surface area (Å²) in [5.41, 5.74) is 2.47. The van der Waals surface area contributed by atoms with Crippen LogP contribution in [0, 0.1) is 5.82 Å². The molecule has 0 aliphatic carbocycles. The third-order valence-corrected chi connectivity index (χ3v) is 3.08. The van der Waals surface area contributed by atoms with Gasteiger partial charge in [0.2, 0.25) is 5.91 Å². The SMILES string of the molecule is CC(=O)Nc1ccc(NC(=S)NCc2ccc(F)cc2)cc1. The van der Waals surface area contributed by atoms with Gasteiger partial charge in [-0.2, -0.15) is 0 Å². The van der Waals surface area contributed by atoms with E-state index in [1.54, 1.807) is 24.3 Å². The highest BCUT2D eigenvalue weighted by Crippen LogP contribution is 2.13. The lowest BCUT2D eigenvalue weighted by Gasteiger charge is -2.11. The quantitative estimate of drug-likeness (QED) is 0.758. The van der Waals surface area contributed by atoms with Crippen LogP contribution in [0.3, 0.4) is 0 Å². The molecule has 22 heavy (non-hydrogen) atoms. The van der Waals surface area contributed by atoms with E-state index in [2.05, 4.69) is 16.0 Å². The molecule has 0 spiro atoms. The summed E-state index contributed by atoms with van der Waals surface area (Å²) in [4.78, 5) is 10.9. The molecule has 2 rings (SSSR count). The van der Waals surface area contributed by atoms with Gasteiger partial charge in [-0.3, -0.25) is 4.79 Å². The molecule has 0 unspecified atom stereocenters. The Morgan fingerprint density at radius 1 is 1.00 bits per heavy atom. The largest absolute Gasteiger partial charge is 0.358 e. The minimum Gasteiger partial charge on any atom is -0.358 e. The maximum absolute atomic E-state index is 12.8. The predicted molar refractivity (Wildman–Crippen MR) is 90.2 cm³/mol. The molecule has 3 N–H and O–H groups in total. The van der Waals surface area contributed by atoms with Gasteiger partial charge in [0, 0.05) is 24.8 Å². The van der Waals surface area contributed by atoms with Gasteiger partial charge in [-0.05, 0) is 54.2 Å². The van der Waals surface area contributed by atoms with E-state index in [9.17, 15) is 9.18 Å². The zero-order valence-corrected chi connectivity index (χ0v) is 12.8. The van der Waals surface area contributed by atoms with E-state index in [-0.39, 0.29) is 11.7 Å². The molecule has 0 bridgehead atoms. The number of thiocarbonyl (C=S) groups is 1. The number of halogens is 1. The van der Waals surface area contributed by atoms with Gasteiger partial charge in [-0.25, -0.2) is 4.39 Å². The van der Waals surface area contributed by atoms with Crippen LogP contribution in [0.2, 0.25) is 0 Å². The van der Waals surface area contributed by atoms with Crippen molar-refractivity contribution in [1.29, 1.82) is 0 Å². The van der Waals surface area contributed by atoms with Gasteiger partial charge in [0.25, 0.3) is 0 Å². The van der Waals surface area contributed by atoms with Gasteiger partial charge >= 0.3 is 0 Å². The number of benzene rings is 2. The van der Waals surface area contributed by atoms with Gasteiger partial charge in [0.05, 0.1) is 0 Å². The van der Waals surface area contributed by atoms with Crippen molar-refractivity contribution in [1.82, 2.24) is 5.32 Å². The fourth-order valence-electron chi connectivity index (χ4n) is 1.80. The van der Waals surface area contributed by atoms with Crippen LogP contribution >= 0.6 is 12.2 Å². The summed E-state index contributed by atoms with van der Waals surface area (Å²) in [7, 11) is 0. The average Bonchev–Trinajstić information content (AvgIpc) is 2.48. The second-order valence-corrected chi connectivity index (χ2v) is 5.10. The number of hydrogen-bond donors (Lipinski definition) is 3. The van der Waals surface area contributed by atoms with Crippen molar-refractivity contribution in [3.63, 3.8) is 0 Å². The van der Waals surface area contributed by atoms with E-state index in [1.165, 1.54) is 19.1 Å². The molecule has 6 heteroatoms. The second-order valence-electron chi connectivity index (χ2n) is 4.69. The Hall–Kier alpha value is -2.47. The molecule has 0 saturated carbocycles. The Kier molecular flexibility index (Phi) is 5.43. The molecule has 0 aliphatic rings. The van der Waals surface area contributed by atoms with Crippen molar-refractivity contribution in [3.8, 4) is 0 Å². The molecule has 2 aromatic carbocycles. The number of amides is 1. The molecule has 0 aromatic heterocycles. The monoisotopic (exact) mass is 317 g/mol. The van der Waals surface area contributed by atoms with Gasteiger partial charge in [-0.15, -0.1) is 0 Å². The molecule has 0 atom stereocenters. The lowest BCUT2D eigenvalue weighted by Crippen LogP contribution is -2.27. The third-order valence-electron chi connectivity index (χ3n) is 2.83. The second kappa shape index (κ2) is 7.51. The minimum atomic E-state index is -0.260. The average molecular weight is 317 g/mol. The van der Waals surface area contributed by atoms with Crippen molar-refractivity contribution in [2.45, 2.75) is 13.5 Å². The molecular weight excluding hydrogens is 301 g/mol. The molecule has 0 saturated heterocycles. The van der Waals surface area contributed by atoms with Gasteiger partial charge in [0.15, 0.2) is 5.11 Å². The van der Waals surface area contributed by atoms with Crippen LogP contribution in [0.1, 0.15) is 12.5 Å². The van der Waals surface area contributed by atoms with Crippen molar-refractivity contribution < 1.29 is 9.18 Å². The summed E-state index contributed by atoms with van der Waals surface area (Å²) in [5.74, 6) is -0.374. The first-order chi connectivity index (χ1) is 10.5. The normalized spacial score (nSPS) is 9.91. The number of nitrogens with one attached hydrogen (secondary N) is 3. The van der Waals surface area contributed by atoms with Gasteiger partial charge in [0.1, 0.15) is 5.82 Å². The molecule has 0 aliphatic heterocycles. The van der Waals surface area contributed by atoms with E-state index in [4.69, 9.17) is 12.2 Å². The van der Waals surface area contributed by atoms with E-state index < -0.39 is 0 Å². The standard InChI is InChI=1S/C16H16FN3OS/c1-11(21)19-14-6-8-15(9-7-14)20-16(22)18-10-12-2-4-13(17)5-3-12/h2-9H,10H2,1H3,(H,19,21)(H2,18,20,22). The van der Waals surface area contributed by atoms with Crippen LogP contribution in [0.4, 0.5) is 15.8 Å². The van der Waals surface area contributed by atoms with E-state index in [0.29, 0.717) is 11.7 Å². The maximum Gasteiger partial charge on any atom is 0.221 e. The molecule has 0 heterocycles. The smallest absolute Gasteiger partial charge is 0.221 e. The van der Waals surface area contributed by atoms with E-state index >= 15 is 0 Å². The highest BCUT2D eigenvalue weighted by molar-refractivity contribution is 7.80. The summed E-state index contributed by atoms with van der Waals surface area (Å²) >= 11 is 5.20. The first-order valence-corrected chi connectivity index (χ1v) is 7.11. The number of carbonyl (C=O) groups excluding carboxylic acids is 1. The fraction of sp³-hybridized carbons (Fsp3) is 0.125. The van der Waals surface area contributed by atoms with E-state index in [1.807, 2.05) is 12.1 Å². The Balaban J connectivity index is 1.83. The van der Waals surface area contributed by atoms with Gasteiger partial charge < -0.3 is 16.0 Å². The zero-order valence-electron chi connectivity index (χ0n) is 12.0. The lowest BCUT2D eigenvalue weighted by atomic mass is 10.2. The fourth-order valence-corrected chi connectivity index (χ4v) is 1.99. The molecule has 0 radical (unpaired) electrons. The molecule has 114 valence electrons. The Bertz CT molecular complexity index is 656. The molecule has 4 nitrogen and oxygen atoms in total. The number of carbonyl (C=O) groups is 1. The lowest BCUT2D eigenvalue weighted by molar-refractivity contribution is -0.114. The Labute approximate surface area is 133 Å². The number of rotatable bonds is 4. The van der Waals surface area contributed by atoms with Crippen LogP contribution in [-0.2, 0) is 11.3 Å². The van der Waals surface area contributed by atoms with Crippen LogP contribution < -0.4 is 16.0 Å². The third kappa shape index (κ3) is 5.14. The summed E-state index contributed by atoms with van der Waals surface area (Å²) < 4.78 is 12.8. The van der Waals surface area contributed by atoms with Crippen LogP contribution in [0.25, 0.3) is 0 Å². The first-order valence-electron chi connectivity index (χ1n) is 6.70. The summed E-state index contributed by atoms with van der Waals surface area (Å²) in [6.07, 6.45) is 0. The van der Waals surface area contributed by atoms with Gasteiger partial charge in [-0.1, -0.05) is 12.1 Å². The summed E-state index contributed by atoms with van der Waals surface area (Å²) in [6, 6.07) is 13.4. The van der Waals surface area contributed by atoms with Crippen molar-refractivity contribution in [2.75, 3.05) is 10.6 Å². The van der Waals surface area contributed by atoms with Crippen molar-refractivity contribution in [3.05, 3.63) is 59.9 Å². The topological polar surface area (TPSA) is 53.2 Å². The van der Waals surface area contributed by atoms with Crippen LogP contribution in [0.15, 0.2) is 48.5 Å². The molecule has 0 fully saturated rings. The maximum atomic E-state index is 12.8. The summed E-state index contributed by atoms with van der Waals surface area (Å²) in [6.45, 7) is 1.97. The number of anilines is 2. The number of hydrogen-bond acceptors (Lipinski definition) is 2. The molecule has 2 aromatic rings. The van der Waals surface area contributed by atoms with Crippen molar-refractivity contribution >= 4 is 34.6 Å². The van der Waals surface area contributed by atoms with Crippen molar-refractivity contribution in [2.24, 2.45) is 0 Å². The summed E-state index contributed by atoms with van der Waals surface area (Å²) in [5, 5.41) is 9.24. The zero-order chi connectivity index (χ0) is 15.9. The Morgan fingerprint density at radius 3 is 2.09 bits per heavy atom. The molecular formula is C16H16FN3OS. The Morgan fingerprint density at radius 2 is 1.55 bits per heavy atom. The van der Waals surface area contributed by atoms with E-state index in [0.717, 1.165) is 16.9 Å². The minimum absolute atomic E-state index is 0.114. The predicted octanol–water partition coefficient (Wildman–Crippen LogP) is 3.27. The highest BCUT2D eigenvalue weighted by atomic mass is 32.1. The highest BCUT2D eigenvalue weighted by Gasteiger charge is 2.00. The first kappa shape index (κ1) is 15.9. The van der Waals surface area contributed by atoms with Crippen LogP contribution in [0.5, 0.6) is 0 Å².